The Bertz CT molecular complexity index is 849. The number of rotatable bonds is 6. The highest BCUT2D eigenvalue weighted by Crippen LogP contribution is 2.40. The first kappa shape index (κ1) is 19.2. The predicted octanol–water partition coefficient (Wildman–Crippen LogP) is 4.65. The minimum Gasteiger partial charge on any atom is -0.491 e. The van der Waals surface area contributed by atoms with Gasteiger partial charge < -0.3 is 15.4 Å². The van der Waals surface area contributed by atoms with Crippen LogP contribution < -0.4 is 15.4 Å². The molecule has 1 aliphatic carbocycles. The van der Waals surface area contributed by atoms with Crippen molar-refractivity contribution in [3.63, 3.8) is 0 Å². The summed E-state index contributed by atoms with van der Waals surface area (Å²) in [4.78, 5) is 24.8. The molecule has 0 spiro atoms. The molecular formula is C21H23ClN2O3. The Morgan fingerprint density at radius 2 is 1.67 bits per heavy atom. The van der Waals surface area contributed by atoms with Crippen LogP contribution in [0.4, 0.5) is 11.4 Å². The maximum atomic E-state index is 12.4. The maximum absolute atomic E-state index is 12.4. The van der Waals surface area contributed by atoms with Crippen LogP contribution in [0.2, 0.25) is 5.02 Å². The highest BCUT2D eigenvalue weighted by molar-refractivity contribution is 6.31. The fourth-order valence-electron chi connectivity index (χ4n) is 2.85. The van der Waals surface area contributed by atoms with Crippen LogP contribution in [0.3, 0.4) is 0 Å². The number of carbonyl (C=O) groups excluding carboxylic acids is 2. The standard InChI is InChI=1S/C21H23ClN2O3/c1-12(2)27-16-8-6-15(7-9-16)23-20(25)17-11-18(17)21(26)24-19-10-14(22)5-4-13(19)3/h4-10,12,17-18H,11H2,1-3H3,(H,23,25)(H,24,26). The van der Waals surface area contributed by atoms with Crippen LogP contribution in [0.25, 0.3) is 0 Å². The quantitative estimate of drug-likeness (QED) is 0.759. The van der Waals surface area contributed by atoms with Gasteiger partial charge in [-0.15, -0.1) is 0 Å². The van der Waals surface area contributed by atoms with Gasteiger partial charge in [0.25, 0.3) is 0 Å². The number of amides is 2. The maximum Gasteiger partial charge on any atom is 0.228 e. The highest BCUT2D eigenvalue weighted by atomic mass is 35.5. The molecule has 2 aromatic carbocycles. The summed E-state index contributed by atoms with van der Waals surface area (Å²) in [5.41, 5.74) is 2.30. The Kier molecular flexibility index (Phi) is 5.71. The number of ether oxygens (including phenoxy) is 1. The topological polar surface area (TPSA) is 67.4 Å². The second-order valence-corrected chi connectivity index (χ2v) is 7.51. The van der Waals surface area contributed by atoms with Gasteiger partial charge >= 0.3 is 0 Å². The zero-order valence-electron chi connectivity index (χ0n) is 15.6. The molecule has 2 N–H and O–H groups in total. The Hall–Kier alpha value is -2.53. The lowest BCUT2D eigenvalue weighted by Crippen LogP contribution is -2.20. The van der Waals surface area contributed by atoms with Crippen LogP contribution in [-0.4, -0.2) is 17.9 Å². The van der Waals surface area contributed by atoms with Crippen molar-refractivity contribution >= 4 is 34.8 Å². The molecule has 5 nitrogen and oxygen atoms in total. The lowest BCUT2D eigenvalue weighted by Gasteiger charge is -2.11. The average Bonchev–Trinajstić information content (AvgIpc) is 3.40. The molecule has 2 aromatic rings. The molecule has 1 aliphatic rings. The van der Waals surface area contributed by atoms with Crippen molar-refractivity contribution in [1.29, 1.82) is 0 Å². The fraction of sp³-hybridized carbons (Fsp3) is 0.333. The molecule has 0 aliphatic heterocycles. The number of benzene rings is 2. The average molecular weight is 387 g/mol. The first-order valence-electron chi connectivity index (χ1n) is 8.98. The fourth-order valence-corrected chi connectivity index (χ4v) is 3.02. The minimum atomic E-state index is -0.313. The van der Waals surface area contributed by atoms with E-state index >= 15 is 0 Å². The van der Waals surface area contributed by atoms with Gasteiger partial charge in [-0.25, -0.2) is 0 Å². The third kappa shape index (κ3) is 5.01. The van der Waals surface area contributed by atoms with Crippen LogP contribution >= 0.6 is 11.6 Å². The molecule has 2 unspecified atom stereocenters. The number of carbonyl (C=O) groups is 2. The van der Waals surface area contributed by atoms with Crippen LogP contribution in [0.1, 0.15) is 25.8 Å². The Morgan fingerprint density at radius 1 is 1.04 bits per heavy atom. The van der Waals surface area contributed by atoms with Gasteiger partial charge in [0.15, 0.2) is 0 Å². The molecule has 27 heavy (non-hydrogen) atoms. The van der Waals surface area contributed by atoms with E-state index in [1.54, 1.807) is 24.3 Å². The second kappa shape index (κ2) is 8.01. The minimum absolute atomic E-state index is 0.0966. The third-order valence-corrected chi connectivity index (χ3v) is 4.65. The molecule has 2 amide bonds. The molecule has 6 heteroatoms. The SMILES string of the molecule is Cc1ccc(Cl)cc1NC(=O)C1CC1C(=O)Nc1ccc(OC(C)C)cc1. The summed E-state index contributed by atoms with van der Waals surface area (Å²) in [6, 6.07) is 12.6. The van der Waals surface area contributed by atoms with Crippen molar-refractivity contribution in [2.45, 2.75) is 33.3 Å². The van der Waals surface area contributed by atoms with Gasteiger partial charge in [-0.05, 0) is 69.2 Å². The summed E-state index contributed by atoms with van der Waals surface area (Å²) in [5.74, 6) is -0.164. The van der Waals surface area contributed by atoms with Crippen LogP contribution in [0.15, 0.2) is 42.5 Å². The van der Waals surface area contributed by atoms with E-state index in [0.29, 0.717) is 22.8 Å². The van der Waals surface area contributed by atoms with Crippen molar-refractivity contribution < 1.29 is 14.3 Å². The number of halogens is 1. The summed E-state index contributed by atoms with van der Waals surface area (Å²) >= 11 is 5.98. The molecule has 0 heterocycles. The van der Waals surface area contributed by atoms with E-state index in [4.69, 9.17) is 16.3 Å². The third-order valence-electron chi connectivity index (χ3n) is 4.42. The zero-order chi connectivity index (χ0) is 19.6. The molecule has 1 fully saturated rings. The van der Waals surface area contributed by atoms with Gasteiger partial charge in [0.1, 0.15) is 5.75 Å². The monoisotopic (exact) mass is 386 g/mol. The van der Waals surface area contributed by atoms with Crippen LogP contribution in [0, 0.1) is 18.8 Å². The van der Waals surface area contributed by atoms with Crippen LogP contribution in [-0.2, 0) is 9.59 Å². The molecule has 0 saturated heterocycles. The van der Waals surface area contributed by atoms with E-state index in [1.807, 2.05) is 39.0 Å². The normalized spacial score (nSPS) is 18.1. The van der Waals surface area contributed by atoms with Crippen molar-refractivity contribution in [2.75, 3.05) is 10.6 Å². The van der Waals surface area contributed by atoms with Gasteiger partial charge in [-0.2, -0.15) is 0 Å². The first-order valence-corrected chi connectivity index (χ1v) is 9.36. The molecule has 0 radical (unpaired) electrons. The summed E-state index contributed by atoms with van der Waals surface area (Å²) in [5, 5.41) is 6.29. The van der Waals surface area contributed by atoms with Gasteiger partial charge in [0.2, 0.25) is 11.8 Å². The van der Waals surface area contributed by atoms with Crippen molar-refractivity contribution in [3.05, 3.63) is 53.1 Å². The van der Waals surface area contributed by atoms with E-state index in [1.165, 1.54) is 0 Å². The number of hydrogen-bond acceptors (Lipinski definition) is 3. The molecule has 3 rings (SSSR count). The highest BCUT2D eigenvalue weighted by Gasteiger charge is 2.48. The molecule has 142 valence electrons. The lowest BCUT2D eigenvalue weighted by molar-refractivity contribution is -0.122. The molecule has 2 atom stereocenters. The van der Waals surface area contributed by atoms with Crippen molar-refractivity contribution in [3.8, 4) is 5.75 Å². The summed E-state index contributed by atoms with van der Waals surface area (Å²) in [7, 11) is 0. The number of aryl methyl sites for hydroxylation is 1. The molecule has 0 bridgehead atoms. The second-order valence-electron chi connectivity index (χ2n) is 7.08. The summed E-state index contributed by atoms with van der Waals surface area (Å²) < 4.78 is 5.58. The van der Waals surface area contributed by atoms with E-state index in [-0.39, 0.29) is 29.8 Å². The van der Waals surface area contributed by atoms with Gasteiger partial charge in [0.05, 0.1) is 17.9 Å². The van der Waals surface area contributed by atoms with Crippen molar-refractivity contribution in [2.24, 2.45) is 11.8 Å². The lowest BCUT2D eigenvalue weighted by atomic mass is 10.2. The first-order chi connectivity index (χ1) is 12.8. The van der Waals surface area contributed by atoms with Gasteiger partial charge in [-0.1, -0.05) is 17.7 Å². The van der Waals surface area contributed by atoms with E-state index in [9.17, 15) is 9.59 Å². The van der Waals surface area contributed by atoms with Gasteiger partial charge in [-0.3, -0.25) is 9.59 Å². The molecule has 0 aromatic heterocycles. The summed E-state index contributed by atoms with van der Waals surface area (Å²) in [6.07, 6.45) is 0.644. The number of nitrogens with one attached hydrogen (secondary N) is 2. The van der Waals surface area contributed by atoms with Gasteiger partial charge in [0, 0.05) is 16.4 Å². The van der Waals surface area contributed by atoms with E-state index < -0.39 is 0 Å². The van der Waals surface area contributed by atoms with Crippen LogP contribution in [0.5, 0.6) is 5.75 Å². The Balaban J connectivity index is 1.54. The largest absolute Gasteiger partial charge is 0.491 e. The number of hydrogen-bond donors (Lipinski definition) is 2. The van der Waals surface area contributed by atoms with E-state index in [2.05, 4.69) is 10.6 Å². The Morgan fingerprint density at radius 3 is 2.30 bits per heavy atom. The molecular weight excluding hydrogens is 364 g/mol. The number of anilines is 2. The summed E-state index contributed by atoms with van der Waals surface area (Å²) in [6.45, 7) is 5.81. The predicted molar refractivity (Wildman–Crippen MR) is 107 cm³/mol. The zero-order valence-corrected chi connectivity index (χ0v) is 16.3. The Labute approximate surface area is 164 Å². The molecule has 1 saturated carbocycles. The smallest absolute Gasteiger partial charge is 0.228 e. The van der Waals surface area contributed by atoms with E-state index in [0.717, 1.165) is 11.3 Å². The van der Waals surface area contributed by atoms with Crippen molar-refractivity contribution in [1.82, 2.24) is 0 Å².